The number of nitrogens with zero attached hydrogens (tertiary/aromatic N) is 2. The van der Waals surface area contributed by atoms with Gasteiger partial charge in [-0.05, 0) is 61.3 Å². The lowest BCUT2D eigenvalue weighted by atomic mass is 9.78. The molecule has 0 aromatic heterocycles. The molecule has 1 aliphatic heterocycles. The van der Waals surface area contributed by atoms with Crippen LogP contribution < -0.4 is 10.1 Å². The Bertz CT molecular complexity index is 994. The molecular weight excluding hydrogens is 510 g/mol. The van der Waals surface area contributed by atoms with Gasteiger partial charge in [0.15, 0.2) is 0 Å². The Hall–Kier alpha value is -2.51. The van der Waals surface area contributed by atoms with E-state index in [2.05, 4.69) is 27.3 Å². The predicted molar refractivity (Wildman–Crippen MR) is 129 cm³/mol. The summed E-state index contributed by atoms with van der Waals surface area (Å²) in [7, 11) is 2.72. The lowest BCUT2D eigenvalue weighted by Gasteiger charge is -2.32. The Morgan fingerprint density at radius 1 is 1.24 bits per heavy atom. The molecule has 1 aromatic rings. The quantitative estimate of drug-likeness (QED) is 0.398. The number of nitrogens with one attached hydrogen (secondary N) is 1. The number of benzene rings is 1. The molecule has 33 heavy (non-hydrogen) atoms. The highest BCUT2D eigenvalue weighted by Gasteiger charge is 2.44. The largest absolute Gasteiger partial charge is 0.496 e. The van der Waals surface area contributed by atoms with E-state index in [9.17, 15) is 19.6 Å². The molecule has 0 bridgehead atoms. The maximum absolute atomic E-state index is 13.0. The van der Waals surface area contributed by atoms with Crippen molar-refractivity contribution in [2.75, 3.05) is 20.0 Å². The van der Waals surface area contributed by atoms with Crippen LogP contribution in [0.25, 0.3) is 0 Å². The molecule has 1 N–H and O–H groups in total. The molecule has 0 fully saturated rings. The van der Waals surface area contributed by atoms with Crippen LogP contribution in [0.2, 0.25) is 0 Å². The Morgan fingerprint density at radius 2 is 1.88 bits per heavy atom. The summed E-state index contributed by atoms with van der Waals surface area (Å²) in [6.45, 7) is 7.74. The summed E-state index contributed by atoms with van der Waals surface area (Å²) in [6, 6.07) is 7.27. The summed E-state index contributed by atoms with van der Waals surface area (Å²) in [4.78, 5) is 40.0. The van der Waals surface area contributed by atoms with Gasteiger partial charge in [-0.15, -0.1) is 0 Å². The molecule has 0 saturated heterocycles. The highest BCUT2D eigenvalue weighted by atomic mass is 79.9. The monoisotopic (exact) mass is 537 g/mol. The summed E-state index contributed by atoms with van der Waals surface area (Å²) in [5.41, 5.74) is 0.764. The van der Waals surface area contributed by atoms with Crippen LogP contribution in [-0.4, -0.2) is 54.7 Å². The van der Waals surface area contributed by atoms with Gasteiger partial charge in [-0.3, -0.25) is 14.4 Å². The minimum Gasteiger partial charge on any atom is -0.496 e. The number of thioether (sulfide) groups is 1. The number of hydrogen-bond acceptors (Lipinski definition) is 7. The lowest BCUT2D eigenvalue weighted by Crippen LogP contribution is -2.45. The van der Waals surface area contributed by atoms with E-state index < -0.39 is 23.7 Å². The topological polar surface area (TPSA) is 109 Å². The Balaban J connectivity index is 2.51. The number of esters is 1. The SMILES string of the molecule is COC(=O)[C@@H]1C(=O)NC(SCC(=O)N(C(C)C)C(C)C)=C(C#N)[C@H]1c1ccc(OC)c(Br)c1. The third kappa shape index (κ3) is 5.89. The molecule has 0 aliphatic carbocycles. The lowest BCUT2D eigenvalue weighted by molar-refractivity contribution is -0.150. The predicted octanol–water partition coefficient (Wildman–Crippen LogP) is 3.57. The molecule has 1 heterocycles. The number of ether oxygens (including phenoxy) is 2. The third-order valence-corrected chi connectivity index (χ3v) is 6.88. The molecule has 8 nitrogen and oxygen atoms in total. The first-order valence-electron chi connectivity index (χ1n) is 10.4. The summed E-state index contributed by atoms with van der Waals surface area (Å²) < 4.78 is 10.7. The van der Waals surface area contributed by atoms with E-state index in [0.717, 1.165) is 11.8 Å². The second-order valence-electron chi connectivity index (χ2n) is 7.99. The Kier molecular flexibility index (Phi) is 9.37. The van der Waals surface area contributed by atoms with Crippen molar-refractivity contribution in [3.63, 3.8) is 0 Å². The molecule has 1 aromatic carbocycles. The first-order valence-corrected chi connectivity index (χ1v) is 12.2. The van der Waals surface area contributed by atoms with Gasteiger partial charge >= 0.3 is 5.97 Å². The van der Waals surface area contributed by atoms with Gasteiger partial charge < -0.3 is 19.7 Å². The van der Waals surface area contributed by atoms with E-state index >= 15 is 0 Å². The standard InChI is InChI=1S/C23H28BrN3O5S/c1-12(2)27(13(3)4)18(28)11-33-22-15(10-25)19(20(21(29)26-22)23(30)32-6)14-7-8-17(31-5)16(24)9-14/h7-9,12-13,19-20H,11H2,1-6H3,(H,26,29)/t19-,20+/m1/s1. The summed E-state index contributed by atoms with van der Waals surface area (Å²) in [5, 5.41) is 12.9. The number of halogens is 1. The number of nitriles is 1. The van der Waals surface area contributed by atoms with E-state index in [-0.39, 0.29) is 34.3 Å². The minimum absolute atomic E-state index is 0.0107. The molecule has 10 heteroatoms. The van der Waals surface area contributed by atoms with Crippen molar-refractivity contribution in [3.8, 4) is 11.8 Å². The normalized spacial score (nSPS) is 18.1. The van der Waals surface area contributed by atoms with Crippen LogP contribution in [0.3, 0.4) is 0 Å². The molecule has 2 atom stereocenters. The van der Waals surface area contributed by atoms with Crippen LogP contribution in [-0.2, 0) is 19.1 Å². The molecule has 1 aliphatic rings. The molecule has 0 spiro atoms. The van der Waals surface area contributed by atoms with Crippen molar-refractivity contribution in [3.05, 3.63) is 38.8 Å². The van der Waals surface area contributed by atoms with Crippen LogP contribution >= 0.6 is 27.7 Å². The fraction of sp³-hybridized carbons (Fsp3) is 0.478. The minimum atomic E-state index is -1.24. The number of carbonyl (C=O) groups excluding carboxylic acids is 3. The van der Waals surface area contributed by atoms with E-state index in [1.165, 1.54) is 14.2 Å². The average molecular weight is 538 g/mol. The van der Waals surface area contributed by atoms with Crippen LogP contribution in [0.1, 0.15) is 39.2 Å². The van der Waals surface area contributed by atoms with Gasteiger partial charge in [0, 0.05) is 18.0 Å². The number of rotatable bonds is 8. The Morgan fingerprint density at radius 3 is 2.36 bits per heavy atom. The van der Waals surface area contributed by atoms with Gasteiger partial charge in [0.25, 0.3) is 0 Å². The third-order valence-electron chi connectivity index (χ3n) is 5.26. The van der Waals surface area contributed by atoms with Crippen molar-refractivity contribution in [2.45, 2.75) is 45.7 Å². The Labute approximate surface area is 206 Å². The van der Waals surface area contributed by atoms with Crippen molar-refractivity contribution < 1.29 is 23.9 Å². The van der Waals surface area contributed by atoms with E-state index in [1.807, 2.05) is 27.7 Å². The fourth-order valence-electron chi connectivity index (χ4n) is 3.94. The summed E-state index contributed by atoms with van der Waals surface area (Å²) in [5.74, 6) is -2.95. The highest BCUT2D eigenvalue weighted by Crippen LogP contribution is 2.42. The maximum Gasteiger partial charge on any atom is 0.319 e. The number of carbonyl (C=O) groups is 3. The highest BCUT2D eigenvalue weighted by molar-refractivity contribution is 9.10. The van der Waals surface area contributed by atoms with E-state index in [0.29, 0.717) is 15.8 Å². The molecule has 0 unspecified atom stereocenters. The van der Waals surface area contributed by atoms with Crippen molar-refractivity contribution in [1.29, 1.82) is 5.26 Å². The number of methoxy groups -OCH3 is 2. The number of allylic oxidation sites excluding steroid dienone is 1. The van der Waals surface area contributed by atoms with Gasteiger partial charge in [-0.25, -0.2) is 0 Å². The second-order valence-corrected chi connectivity index (χ2v) is 9.83. The molecule has 0 radical (unpaired) electrons. The van der Waals surface area contributed by atoms with Gasteiger partial charge in [0.05, 0.1) is 41.1 Å². The summed E-state index contributed by atoms with van der Waals surface area (Å²) in [6.07, 6.45) is 0. The first-order chi connectivity index (χ1) is 15.6. The van der Waals surface area contributed by atoms with Gasteiger partial charge in [-0.2, -0.15) is 5.26 Å². The van der Waals surface area contributed by atoms with Crippen molar-refractivity contribution >= 4 is 45.5 Å². The van der Waals surface area contributed by atoms with E-state index in [4.69, 9.17) is 9.47 Å². The van der Waals surface area contributed by atoms with E-state index in [1.54, 1.807) is 23.1 Å². The zero-order valence-electron chi connectivity index (χ0n) is 19.5. The molecule has 2 amide bonds. The summed E-state index contributed by atoms with van der Waals surface area (Å²) >= 11 is 4.50. The van der Waals surface area contributed by atoms with Crippen LogP contribution in [0.4, 0.5) is 0 Å². The molecule has 2 rings (SSSR count). The number of hydrogen-bond donors (Lipinski definition) is 1. The smallest absolute Gasteiger partial charge is 0.319 e. The molecular formula is C23H28BrN3O5S. The average Bonchev–Trinajstić information content (AvgIpc) is 2.75. The fourth-order valence-corrected chi connectivity index (χ4v) is 5.41. The first kappa shape index (κ1) is 26.7. The van der Waals surface area contributed by atoms with Gasteiger partial charge in [-0.1, -0.05) is 17.8 Å². The van der Waals surface area contributed by atoms with Crippen LogP contribution in [0.5, 0.6) is 5.75 Å². The van der Waals surface area contributed by atoms with Crippen LogP contribution in [0, 0.1) is 17.2 Å². The number of amides is 2. The van der Waals surface area contributed by atoms with Crippen molar-refractivity contribution in [1.82, 2.24) is 10.2 Å². The second kappa shape index (κ2) is 11.6. The van der Waals surface area contributed by atoms with Gasteiger partial charge in [0.2, 0.25) is 11.8 Å². The van der Waals surface area contributed by atoms with Gasteiger partial charge in [0.1, 0.15) is 11.7 Å². The van der Waals surface area contributed by atoms with Crippen LogP contribution in [0.15, 0.2) is 33.3 Å². The molecule has 0 saturated carbocycles. The maximum atomic E-state index is 13.0. The molecule has 178 valence electrons. The van der Waals surface area contributed by atoms with Crippen molar-refractivity contribution in [2.24, 2.45) is 5.92 Å². The zero-order valence-corrected chi connectivity index (χ0v) is 21.9. The zero-order chi connectivity index (χ0) is 24.9.